The van der Waals surface area contributed by atoms with E-state index in [0.29, 0.717) is 0 Å². The molecule has 1 saturated heterocycles. The van der Waals surface area contributed by atoms with Crippen LogP contribution in [0.4, 0.5) is 0 Å². The Balaban J connectivity index is 1.64. The second-order valence-electron chi connectivity index (χ2n) is 6.00. The van der Waals surface area contributed by atoms with Gasteiger partial charge < -0.3 is 35.1 Å². The standard InChI is InChI=1S/C16H17N3O9/c20-8-3-7(4-9(21)12(8)23)5-17-27-6-10-13(24)14(25)15(28-10)19-2-1-11(22)18-16(19)26/h1-5,10,13-15,20-21,23-25H,6H2,(H,18,22,26)/b17-5+. The van der Waals surface area contributed by atoms with Crippen LogP contribution in [0.1, 0.15) is 11.8 Å². The van der Waals surface area contributed by atoms with Gasteiger partial charge in [0.1, 0.15) is 24.9 Å². The molecular weight excluding hydrogens is 378 g/mol. The van der Waals surface area contributed by atoms with Crippen molar-refractivity contribution in [3.8, 4) is 17.2 Å². The zero-order valence-corrected chi connectivity index (χ0v) is 14.2. The quantitative estimate of drug-likeness (QED) is 0.195. The van der Waals surface area contributed by atoms with Gasteiger partial charge in [-0.15, -0.1) is 0 Å². The van der Waals surface area contributed by atoms with Gasteiger partial charge in [0, 0.05) is 17.8 Å². The molecule has 12 heteroatoms. The van der Waals surface area contributed by atoms with E-state index >= 15 is 0 Å². The molecule has 1 aromatic heterocycles. The molecule has 0 amide bonds. The van der Waals surface area contributed by atoms with Crippen molar-refractivity contribution in [3.63, 3.8) is 0 Å². The van der Waals surface area contributed by atoms with Crippen LogP contribution in [0.25, 0.3) is 0 Å². The Morgan fingerprint density at radius 1 is 1.18 bits per heavy atom. The van der Waals surface area contributed by atoms with E-state index in [2.05, 4.69) is 5.16 Å². The lowest BCUT2D eigenvalue weighted by atomic mass is 10.1. The van der Waals surface area contributed by atoms with Crippen LogP contribution in [-0.4, -0.2) is 66.2 Å². The molecule has 0 aliphatic carbocycles. The summed E-state index contributed by atoms with van der Waals surface area (Å²) in [5, 5.41) is 51.8. The number of aromatic amines is 1. The number of aromatic nitrogens is 2. The van der Waals surface area contributed by atoms with E-state index in [0.717, 1.165) is 35.2 Å². The van der Waals surface area contributed by atoms with Crippen LogP contribution in [0.15, 0.2) is 39.1 Å². The van der Waals surface area contributed by atoms with Crippen LogP contribution in [-0.2, 0) is 9.57 Å². The van der Waals surface area contributed by atoms with Gasteiger partial charge in [0.2, 0.25) is 0 Å². The van der Waals surface area contributed by atoms with E-state index < -0.39 is 53.0 Å². The van der Waals surface area contributed by atoms with Gasteiger partial charge in [-0.3, -0.25) is 14.3 Å². The number of aliphatic hydroxyl groups is 2. The van der Waals surface area contributed by atoms with Crippen molar-refractivity contribution in [2.24, 2.45) is 5.16 Å². The molecule has 12 nitrogen and oxygen atoms in total. The van der Waals surface area contributed by atoms with Gasteiger partial charge in [0.15, 0.2) is 23.5 Å². The maximum Gasteiger partial charge on any atom is 0.330 e. The number of ether oxygens (including phenoxy) is 1. The van der Waals surface area contributed by atoms with Gasteiger partial charge in [0.25, 0.3) is 5.56 Å². The second-order valence-corrected chi connectivity index (χ2v) is 6.00. The molecule has 1 fully saturated rings. The third-order valence-electron chi connectivity index (χ3n) is 4.07. The van der Waals surface area contributed by atoms with E-state index in [1.54, 1.807) is 0 Å². The number of hydrogen-bond donors (Lipinski definition) is 6. The normalized spacial score (nSPS) is 24.6. The topological polar surface area (TPSA) is 187 Å². The fourth-order valence-corrected chi connectivity index (χ4v) is 2.64. The molecule has 2 aromatic rings. The molecule has 1 aliphatic heterocycles. The average molecular weight is 395 g/mol. The van der Waals surface area contributed by atoms with E-state index in [4.69, 9.17) is 9.57 Å². The Morgan fingerprint density at radius 2 is 1.86 bits per heavy atom. The molecule has 150 valence electrons. The molecule has 3 rings (SSSR count). The minimum Gasteiger partial charge on any atom is -0.504 e. The maximum atomic E-state index is 11.8. The highest BCUT2D eigenvalue weighted by atomic mass is 16.6. The minimum atomic E-state index is -1.45. The number of benzene rings is 1. The Labute approximate surface area is 156 Å². The van der Waals surface area contributed by atoms with Gasteiger partial charge in [0.05, 0.1) is 6.21 Å². The highest BCUT2D eigenvalue weighted by molar-refractivity contribution is 5.81. The second kappa shape index (κ2) is 7.72. The summed E-state index contributed by atoms with van der Waals surface area (Å²) in [5.41, 5.74) is -1.21. The lowest BCUT2D eigenvalue weighted by molar-refractivity contribution is -0.0677. The Kier molecular flexibility index (Phi) is 5.35. The van der Waals surface area contributed by atoms with Crippen LogP contribution in [0.3, 0.4) is 0 Å². The molecule has 1 aliphatic rings. The monoisotopic (exact) mass is 395 g/mol. The summed E-state index contributed by atoms with van der Waals surface area (Å²) in [7, 11) is 0. The Hall–Kier alpha value is -3.35. The molecule has 2 heterocycles. The predicted molar refractivity (Wildman–Crippen MR) is 92.2 cm³/mol. The van der Waals surface area contributed by atoms with Crippen molar-refractivity contribution in [1.82, 2.24) is 9.55 Å². The van der Waals surface area contributed by atoms with Crippen molar-refractivity contribution < 1.29 is 35.1 Å². The number of rotatable bonds is 5. The van der Waals surface area contributed by atoms with Crippen LogP contribution in [0.2, 0.25) is 0 Å². The first-order valence-electron chi connectivity index (χ1n) is 8.01. The van der Waals surface area contributed by atoms with Gasteiger partial charge in [-0.2, -0.15) is 0 Å². The number of aromatic hydroxyl groups is 3. The van der Waals surface area contributed by atoms with E-state index in [1.165, 1.54) is 0 Å². The van der Waals surface area contributed by atoms with Crippen molar-refractivity contribution in [1.29, 1.82) is 0 Å². The summed E-state index contributed by atoms with van der Waals surface area (Å²) in [6.45, 7) is -0.292. The molecule has 0 spiro atoms. The number of H-pyrrole nitrogens is 1. The molecule has 4 atom stereocenters. The largest absolute Gasteiger partial charge is 0.504 e. The summed E-state index contributed by atoms with van der Waals surface area (Å²) in [6, 6.07) is 3.33. The van der Waals surface area contributed by atoms with Crippen molar-refractivity contribution in [3.05, 3.63) is 50.8 Å². The number of nitrogens with zero attached hydrogens (tertiary/aromatic N) is 2. The summed E-state index contributed by atoms with van der Waals surface area (Å²) in [4.78, 5) is 29.9. The zero-order chi connectivity index (χ0) is 20.4. The summed E-state index contributed by atoms with van der Waals surface area (Å²) in [6.07, 6.45) is -2.85. The SMILES string of the molecule is O=c1ccn(C2OC(CO/N=C/c3cc(O)c(O)c(O)c3)C(O)C2O)c(=O)[nH]1. The number of hydrogen-bond acceptors (Lipinski definition) is 10. The molecule has 0 bridgehead atoms. The van der Waals surface area contributed by atoms with Crippen molar-refractivity contribution in [2.75, 3.05) is 6.61 Å². The molecule has 28 heavy (non-hydrogen) atoms. The van der Waals surface area contributed by atoms with Gasteiger partial charge >= 0.3 is 5.69 Å². The maximum absolute atomic E-state index is 11.8. The summed E-state index contributed by atoms with van der Waals surface area (Å²) >= 11 is 0. The van der Waals surface area contributed by atoms with Crippen molar-refractivity contribution in [2.45, 2.75) is 24.5 Å². The van der Waals surface area contributed by atoms with Crippen LogP contribution >= 0.6 is 0 Å². The molecule has 0 saturated carbocycles. The summed E-state index contributed by atoms with van der Waals surface area (Å²) in [5.74, 6) is -1.76. The van der Waals surface area contributed by atoms with E-state index in [9.17, 15) is 35.1 Å². The molecular formula is C16H17N3O9. The third kappa shape index (κ3) is 3.83. The van der Waals surface area contributed by atoms with Gasteiger partial charge in [-0.1, -0.05) is 5.16 Å². The minimum absolute atomic E-state index is 0.221. The van der Waals surface area contributed by atoms with Crippen LogP contribution in [0, 0.1) is 0 Å². The van der Waals surface area contributed by atoms with E-state index in [-0.39, 0.29) is 12.2 Å². The first kappa shape index (κ1) is 19.4. The molecule has 0 radical (unpaired) electrons. The van der Waals surface area contributed by atoms with Crippen molar-refractivity contribution >= 4 is 6.21 Å². The number of aliphatic hydroxyl groups excluding tert-OH is 2. The first-order valence-corrected chi connectivity index (χ1v) is 8.01. The number of oxime groups is 1. The van der Waals surface area contributed by atoms with E-state index in [1.807, 2.05) is 4.98 Å². The number of phenols is 3. The number of phenolic OH excluding ortho intramolecular Hbond substituents is 3. The highest BCUT2D eigenvalue weighted by Crippen LogP contribution is 2.34. The molecule has 4 unspecified atom stereocenters. The highest BCUT2D eigenvalue weighted by Gasteiger charge is 2.44. The first-order chi connectivity index (χ1) is 13.3. The fourth-order valence-electron chi connectivity index (χ4n) is 2.64. The predicted octanol–water partition coefficient (Wildman–Crippen LogP) is -1.68. The van der Waals surface area contributed by atoms with Gasteiger partial charge in [-0.05, 0) is 12.1 Å². The lowest BCUT2D eigenvalue weighted by Gasteiger charge is -2.16. The zero-order valence-electron chi connectivity index (χ0n) is 14.2. The van der Waals surface area contributed by atoms with Crippen LogP contribution < -0.4 is 11.2 Å². The smallest absolute Gasteiger partial charge is 0.330 e. The van der Waals surface area contributed by atoms with Crippen LogP contribution in [0.5, 0.6) is 17.2 Å². The Bertz CT molecular complexity index is 976. The third-order valence-corrected chi connectivity index (χ3v) is 4.07. The fraction of sp³-hybridized carbons (Fsp3) is 0.312. The summed E-state index contributed by atoms with van der Waals surface area (Å²) < 4.78 is 6.36. The van der Waals surface area contributed by atoms with Gasteiger partial charge in [-0.25, -0.2) is 4.79 Å². The number of nitrogens with one attached hydrogen (secondary N) is 1. The lowest BCUT2D eigenvalue weighted by Crippen LogP contribution is -2.37. The average Bonchev–Trinajstić information content (AvgIpc) is 2.91. The molecule has 6 N–H and O–H groups in total. The molecule has 1 aromatic carbocycles. The Morgan fingerprint density at radius 3 is 2.50 bits per heavy atom.